The first-order chi connectivity index (χ1) is 14.3. The van der Waals surface area contributed by atoms with Crippen LogP contribution in [0.25, 0.3) is 0 Å². The van der Waals surface area contributed by atoms with Crippen molar-refractivity contribution < 1.29 is 0 Å². The van der Waals surface area contributed by atoms with E-state index in [-0.39, 0.29) is 5.41 Å². The van der Waals surface area contributed by atoms with Gasteiger partial charge >= 0.3 is 0 Å². The Hall–Kier alpha value is -2.56. The van der Waals surface area contributed by atoms with Gasteiger partial charge in [-0.05, 0) is 42.9 Å². The van der Waals surface area contributed by atoms with E-state index in [0.717, 1.165) is 38.0 Å². The topological polar surface area (TPSA) is 52.6 Å². The first kappa shape index (κ1) is 19.7. The summed E-state index contributed by atoms with van der Waals surface area (Å²) in [5.41, 5.74) is 2.84. The van der Waals surface area contributed by atoms with Crippen LogP contribution < -0.4 is 15.5 Å². The molecule has 0 atom stereocenters. The molecule has 0 unspecified atom stereocenters. The Bertz CT molecular complexity index is 788. The third kappa shape index (κ3) is 4.72. The molecular formula is C24H33N5. The molecule has 29 heavy (non-hydrogen) atoms. The second kappa shape index (κ2) is 9.29. The minimum atomic E-state index is 0.220. The molecule has 0 spiro atoms. The molecule has 0 radical (unpaired) electrons. The van der Waals surface area contributed by atoms with E-state index in [1.165, 1.54) is 49.7 Å². The van der Waals surface area contributed by atoms with Crippen LogP contribution in [-0.4, -0.2) is 37.6 Å². The average molecular weight is 392 g/mol. The Morgan fingerprint density at radius 3 is 2.41 bits per heavy atom. The maximum Gasteiger partial charge on any atom is 0.191 e. The van der Waals surface area contributed by atoms with Crippen molar-refractivity contribution in [2.45, 2.75) is 50.5 Å². The van der Waals surface area contributed by atoms with E-state index in [4.69, 9.17) is 0 Å². The quantitative estimate of drug-likeness (QED) is 0.580. The lowest BCUT2D eigenvalue weighted by atomic mass is 9.79. The van der Waals surface area contributed by atoms with Crippen LogP contribution in [0.2, 0.25) is 0 Å². The number of hydrogen-bond donors (Lipinski definition) is 2. The second-order valence-electron chi connectivity index (χ2n) is 8.35. The molecule has 5 nitrogen and oxygen atoms in total. The summed E-state index contributed by atoms with van der Waals surface area (Å²) in [5.74, 6) is 1.95. The average Bonchev–Trinajstić information content (AvgIpc) is 3.48. The third-order valence-electron chi connectivity index (χ3n) is 6.46. The highest BCUT2D eigenvalue weighted by Gasteiger charge is 2.35. The van der Waals surface area contributed by atoms with Gasteiger partial charge in [0.1, 0.15) is 5.82 Å². The molecule has 1 aromatic heterocycles. The van der Waals surface area contributed by atoms with E-state index >= 15 is 0 Å². The van der Waals surface area contributed by atoms with Crippen molar-refractivity contribution in [2.75, 3.05) is 31.6 Å². The summed E-state index contributed by atoms with van der Waals surface area (Å²) >= 11 is 0. The van der Waals surface area contributed by atoms with Gasteiger partial charge in [0.25, 0.3) is 0 Å². The molecule has 1 aromatic carbocycles. The molecule has 2 fully saturated rings. The number of rotatable bonds is 6. The van der Waals surface area contributed by atoms with Gasteiger partial charge in [0.2, 0.25) is 0 Å². The highest BCUT2D eigenvalue weighted by molar-refractivity contribution is 5.79. The molecule has 2 heterocycles. The molecule has 2 aliphatic rings. The van der Waals surface area contributed by atoms with Crippen molar-refractivity contribution in [1.82, 2.24) is 15.6 Å². The second-order valence-corrected chi connectivity index (χ2v) is 8.35. The van der Waals surface area contributed by atoms with Crippen LogP contribution in [-0.2, 0) is 12.0 Å². The number of anilines is 1. The lowest BCUT2D eigenvalue weighted by Gasteiger charge is -2.30. The van der Waals surface area contributed by atoms with Crippen molar-refractivity contribution in [2.24, 2.45) is 4.99 Å². The first-order valence-electron chi connectivity index (χ1n) is 11.0. The van der Waals surface area contributed by atoms with Crippen LogP contribution in [0.1, 0.15) is 49.7 Å². The molecule has 2 N–H and O–H groups in total. The largest absolute Gasteiger partial charge is 0.357 e. The summed E-state index contributed by atoms with van der Waals surface area (Å²) in [4.78, 5) is 11.4. The van der Waals surface area contributed by atoms with E-state index in [1.54, 1.807) is 0 Å². The normalized spacial score (nSPS) is 18.8. The van der Waals surface area contributed by atoms with E-state index in [0.29, 0.717) is 0 Å². The third-order valence-corrected chi connectivity index (χ3v) is 6.46. The van der Waals surface area contributed by atoms with Gasteiger partial charge in [-0.2, -0.15) is 0 Å². The predicted octanol–water partition coefficient (Wildman–Crippen LogP) is 3.86. The fraction of sp³-hybridized carbons (Fsp3) is 0.500. The molecule has 1 aliphatic heterocycles. The fourth-order valence-electron chi connectivity index (χ4n) is 4.72. The Balaban J connectivity index is 1.32. The van der Waals surface area contributed by atoms with Crippen LogP contribution in [0.15, 0.2) is 53.7 Å². The highest BCUT2D eigenvalue weighted by atomic mass is 15.2. The van der Waals surface area contributed by atoms with Crippen molar-refractivity contribution >= 4 is 11.8 Å². The smallest absolute Gasteiger partial charge is 0.191 e. The van der Waals surface area contributed by atoms with Gasteiger partial charge in [-0.15, -0.1) is 0 Å². The van der Waals surface area contributed by atoms with Crippen molar-refractivity contribution in [3.63, 3.8) is 0 Å². The number of nitrogens with one attached hydrogen (secondary N) is 2. The van der Waals surface area contributed by atoms with Gasteiger partial charge in [0, 0.05) is 44.8 Å². The molecule has 0 bridgehead atoms. The van der Waals surface area contributed by atoms with E-state index in [2.05, 4.69) is 68.0 Å². The summed E-state index contributed by atoms with van der Waals surface area (Å²) in [5, 5.41) is 7.04. The Labute approximate surface area is 174 Å². The van der Waals surface area contributed by atoms with Gasteiger partial charge in [0.15, 0.2) is 5.96 Å². The van der Waals surface area contributed by atoms with Crippen LogP contribution in [0.3, 0.4) is 0 Å². The maximum atomic E-state index is 4.65. The summed E-state index contributed by atoms with van der Waals surface area (Å²) in [7, 11) is 1.84. The van der Waals surface area contributed by atoms with Crippen LogP contribution >= 0.6 is 0 Å². The molecule has 1 saturated heterocycles. The monoisotopic (exact) mass is 391 g/mol. The zero-order valence-electron chi connectivity index (χ0n) is 17.5. The van der Waals surface area contributed by atoms with Crippen molar-refractivity contribution in [3.8, 4) is 0 Å². The molecule has 1 aliphatic carbocycles. The number of aliphatic imine (C=N–C) groups is 1. The van der Waals surface area contributed by atoms with Crippen LogP contribution in [0, 0.1) is 0 Å². The summed E-state index contributed by atoms with van der Waals surface area (Å²) in [6.07, 6.45) is 9.62. The van der Waals surface area contributed by atoms with Gasteiger partial charge in [0.05, 0.1) is 0 Å². The first-order valence-corrected chi connectivity index (χ1v) is 11.0. The van der Waals surface area contributed by atoms with Crippen LogP contribution in [0.5, 0.6) is 0 Å². The number of hydrogen-bond acceptors (Lipinski definition) is 3. The van der Waals surface area contributed by atoms with E-state index in [1.807, 2.05) is 13.2 Å². The van der Waals surface area contributed by atoms with Crippen LogP contribution in [0.4, 0.5) is 5.82 Å². The zero-order chi connectivity index (χ0) is 19.9. The maximum absolute atomic E-state index is 4.65. The molecule has 5 heteroatoms. The lowest BCUT2D eigenvalue weighted by molar-refractivity contribution is 0.431. The Morgan fingerprint density at radius 1 is 1.00 bits per heavy atom. The summed E-state index contributed by atoms with van der Waals surface area (Å²) in [6.45, 7) is 3.91. The molecule has 0 amide bonds. The fourth-order valence-corrected chi connectivity index (χ4v) is 4.72. The lowest BCUT2D eigenvalue weighted by Crippen LogP contribution is -2.44. The highest BCUT2D eigenvalue weighted by Crippen LogP contribution is 2.40. The number of benzene rings is 1. The van der Waals surface area contributed by atoms with Crippen molar-refractivity contribution in [1.29, 1.82) is 0 Å². The number of guanidine groups is 1. The number of pyridine rings is 1. The Kier molecular flexibility index (Phi) is 6.33. The molecule has 1 saturated carbocycles. The predicted molar refractivity (Wildman–Crippen MR) is 120 cm³/mol. The molecule has 154 valence electrons. The molecule has 4 rings (SSSR count). The number of nitrogens with zero attached hydrogens (tertiary/aromatic N) is 3. The minimum Gasteiger partial charge on any atom is -0.357 e. The standard InChI is InChI=1S/C24H33N5/c1-25-23(27-18-20-11-12-22(26-17-20)29-15-7-8-16-29)28-19-24(13-5-6-14-24)21-9-3-2-4-10-21/h2-4,9-12,17H,5-8,13-16,18-19H2,1H3,(H2,25,27,28). The zero-order valence-corrected chi connectivity index (χ0v) is 17.5. The van der Waals surface area contributed by atoms with Gasteiger partial charge < -0.3 is 15.5 Å². The van der Waals surface area contributed by atoms with E-state index < -0.39 is 0 Å². The molecular weight excluding hydrogens is 358 g/mol. The van der Waals surface area contributed by atoms with Gasteiger partial charge in [-0.1, -0.05) is 49.2 Å². The summed E-state index contributed by atoms with van der Waals surface area (Å²) < 4.78 is 0. The van der Waals surface area contributed by atoms with Crippen molar-refractivity contribution in [3.05, 3.63) is 59.8 Å². The Morgan fingerprint density at radius 2 is 1.76 bits per heavy atom. The SMILES string of the molecule is CN=C(NCc1ccc(N2CCCC2)nc1)NCC1(c2ccccc2)CCCC1. The van der Waals surface area contributed by atoms with Gasteiger partial charge in [-0.3, -0.25) is 4.99 Å². The summed E-state index contributed by atoms with van der Waals surface area (Å²) in [6, 6.07) is 15.3. The number of aromatic nitrogens is 1. The molecule has 2 aromatic rings. The van der Waals surface area contributed by atoms with E-state index in [9.17, 15) is 0 Å². The minimum absolute atomic E-state index is 0.220. The van der Waals surface area contributed by atoms with Gasteiger partial charge in [-0.25, -0.2) is 4.98 Å².